The van der Waals surface area contributed by atoms with Crippen molar-refractivity contribution in [2.75, 3.05) is 22.6 Å². The Morgan fingerprint density at radius 3 is 2.14 bits per heavy atom. The van der Waals surface area contributed by atoms with E-state index >= 15 is 0 Å². The topological polar surface area (TPSA) is 105 Å². The van der Waals surface area contributed by atoms with E-state index in [4.69, 9.17) is 11.6 Å². The summed E-state index contributed by atoms with van der Waals surface area (Å²) in [5.74, 6) is -2.15. The second-order valence-corrected chi connectivity index (χ2v) is 8.53. The number of aryl methyl sites for hydroxylation is 2. The molecule has 1 aliphatic heterocycles. The van der Waals surface area contributed by atoms with Crippen LogP contribution in [-0.2, 0) is 14.3 Å². The van der Waals surface area contributed by atoms with Gasteiger partial charge in [-0.25, -0.2) is 9.69 Å². The third kappa shape index (κ3) is 4.85. The van der Waals surface area contributed by atoms with Gasteiger partial charge in [-0.2, -0.15) is 0 Å². The molecule has 9 heteroatoms. The lowest BCUT2D eigenvalue weighted by Gasteiger charge is -2.15. The third-order valence-electron chi connectivity index (χ3n) is 5.63. The van der Waals surface area contributed by atoms with E-state index in [2.05, 4.69) is 15.4 Å². The number of carbonyl (C=O) groups is 4. The van der Waals surface area contributed by atoms with E-state index in [9.17, 15) is 19.2 Å². The normalized spacial score (nSPS) is 13.2. The van der Waals surface area contributed by atoms with Gasteiger partial charge in [0.1, 0.15) is 10.7 Å². The molecule has 8 nitrogen and oxygen atoms in total. The molecule has 0 aromatic heterocycles. The Hall–Kier alpha value is -4.43. The highest BCUT2D eigenvalue weighted by Gasteiger charge is 2.39. The maximum absolute atomic E-state index is 13.0. The van der Waals surface area contributed by atoms with Crippen molar-refractivity contribution in [3.63, 3.8) is 0 Å². The van der Waals surface area contributed by atoms with Crippen molar-refractivity contribution in [1.82, 2.24) is 0 Å². The Morgan fingerprint density at radius 2 is 1.50 bits per heavy atom. The maximum Gasteiger partial charge on any atom is 0.337 e. The Morgan fingerprint density at radius 1 is 0.861 bits per heavy atom. The van der Waals surface area contributed by atoms with Crippen molar-refractivity contribution in [2.24, 2.45) is 0 Å². The van der Waals surface area contributed by atoms with Gasteiger partial charge in [-0.3, -0.25) is 14.4 Å². The molecule has 4 rings (SSSR count). The fourth-order valence-electron chi connectivity index (χ4n) is 3.62. The quantitative estimate of drug-likeness (QED) is 0.370. The van der Waals surface area contributed by atoms with Crippen LogP contribution in [0.2, 0.25) is 0 Å². The predicted octanol–water partition coefficient (Wildman–Crippen LogP) is 4.78. The minimum Gasteiger partial charge on any atom is -0.465 e. The lowest BCUT2D eigenvalue weighted by molar-refractivity contribution is -0.120. The smallest absolute Gasteiger partial charge is 0.337 e. The van der Waals surface area contributed by atoms with E-state index in [1.165, 1.54) is 31.4 Å². The van der Waals surface area contributed by atoms with E-state index < -0.39 is 17.8 Å². The fourth-order valence-corrected chi connectivity index (χ4v) is 3.84. The Labute approximate surface area is 212 Å². The number of rotatable bonds is 6. The van der Waals surface area contributed by atoms with Gasteiger partial charge in [-0.1, -0.05) is 23.7 Å². The molecule has 3 aromatic rings. The van der Waals surface area contributed by atoms with E-state index in [1.54, 1.807) is 24.3 Å². The van der Waals surface area contributed by atoms with Crippen LogP contribution in [-0.4, -0.2) is 30.8 Å². The van der Waals surface area contributed by atoms with Crippen LogP contribution in [0.5, 0.6) is 0 Å². The molecule has 2 N–H and O–H groups in total. The molecule has 0 aliphatic carbocycles. The van der Waals surface area contributed by atoms with Gasteiger partial charge in [-0.15, -0.1) is 0 Å². The van der Waals surface area contributed by atoms with Crippen LogP contribution in [0, 0.1) is 13.8 Å². The van der Waals surface area contributed by atoms with Crippen molar-refractivity contribution in [1.29, 1.82) is 0 Å². The maximum atomic E-state index is 13.0. The number of methoxy groups -OCH3 is 1. The summed E-state index contributed by atoms with van der Waals surface area (Å²) in [6, 6.07) is 18.0. The number of anilines is 3. The highest BCUT2D eigenvalue weighted by molar-refractivity contribution is 6.53. The zero-order valence-corrected chi connectivity index (χ0v) is 20.5. The monoisotopic (exact) mass is 503 g/mol. The summed E-state index contributed by atoms with van der Waals surface area (Å²) < 4.78 is 4.66. The molecule has 0 radical (unpaired) electrons. The molecule has 0 spiro atoms. The van der Waals surface area contributed by atoms with Gasteiger partial charge in [0, 0.05) is 16.9 Å². The van der Waals surface area contributed by atoms with Gasteiger partial charge in [0.2, 0.25) is 0 Å². The highest BCUT2D eigenvalue weighted by Crippen LogP contribution is 2.30. The largest absolute Gasteiger partial charge is 0.465 e. The first kappa shape index (κ1) is 24.7. The van der Waals surface area contributed by atoms with Crippen molar-refractivity contribution in [2.45, 2.75) is 13.8 Å². The number of nitrogens with zero attached hydrogens (tertiary/aromatic N) is 1. The first-order valence-corrected chi connectivity index (χ1v) is 11.3. The second-order valence-electron chi connectivity index (χ2n) is 8.15. The molecular weight excluding hydrogens is 482 g/mol. The molecule has 0 saturated carbocycles. The van der Waals surface area contributed by atoms with Gasteiger partial charge in [-0.05, 0) is 79.6 Å². The first-order chi connectivity index (χ1) is 17.2. The summed E-state index contributed by atoms with van der Waals surface area (Å²) >= 11 is 6.19. The average Bonchev–Trinajstić information content (AvgIpc) is 3.09. The predicted molar refractivity (Wildman–Crippen MR) is 137 cm³/mol. The summed E-state index contributed by atoms with van der Waals surface area (Å²) in [6.07, 6.45) is 0. The number of benzene rings is 3. The van der Waals surface area contributed by atoms with E-state index in [0.717, 1.165) is 21.7 Å². The summed E-state index contributed by atoms with van der Waals surface area (Å²) in [5, 5.41) is 5.50. The van der Waals surface area contributed by atoms with Crippen molar-refractivity contribution in [3.8, 4) is 0 Å². The molecule has 3 aromatic carbocycles. The van der Waals surface area contributed by atoms with Crippen LogP contribution in [0.3, 0.4) is 0 Å². The van der Waals surface area contributed by atoms with Gasteiger partial charge < -0.3 is 15.4 Å². The van der Waals surface area contributed by atoms with Crippen LogP contribution in [0.15, 0.2) is 77.5 Å². The molecule has 1 aliphatic rings. The third-order valence-corrected chi connectivity index (χ3v) is 5.98. The molecule has 182 valence electrons. The molecule has 3 amide bonds. The standard InChI is InChI=1S/C27H22ClN3O5/c1-15-4-5-16(2)21(14-15)30-24(32)17-6-10-19(11-7-17)29-23-22(28)25(33)31(26(23)34)20-12-8-18(9-13-20)27(35)36-3/h4-14,29H,1-3H3,(H,30,32). The minimum atomic E-state index is -0.695. The summed E-state index contributed by atoms with van der Waals surface area (Å²) in [6.45, 7) is 3.86. The molecule has 0 fully saturated rings. The Balaban J connectivity index is 1.47. The van der Waals surface area contributed by atoms with Crippen molar-refractivity contribution < 1.29 is 23.9 Å². The van der Waals surface area contributed by atoms with Crippen LogP contribution in [0.25, 0.3) is 0 Å². The number of nitrogens with one attached hydrogen (secondary N) is 2. The number of hydrogen-bond donors (Lipinski definition) is 2. The highest BCUT2D eigenvalue weighted by atomic mass is 35.5. The summed E-state index contributed by atoms with van der Waals surface area (Å²) in [7, 11) is 1.26. The van der Waals surface area contributed by atoms with Gasteiger partial charge in [0.05, 0.1) is 18.4 Å². The number of imide groups is 1. The number of carbonyl (C=O) groups excluding carboxylic acids is 4. The number of halogens is 1. The second kappa shape index (κ2) is 10.1. The van der Waals surface area contributed by atoms with Crippen molar-refractivity contribution >= 4 is 52.4 Å². The SMILES string of the molecule is COC(=O)c1ccc(N2C(=O)C(Cl)=C(Nc3ccc(C(=O)Nc4cc(C)ccc4C)cc3)C2=O)cc1. The van der Waals surface area contributed by atoms with E-state index in [-0.39, 0.29) is 27.9 Å². The van der Waals surface area contributed by atoms with Gasteiger partial charge in [0.25, 0.3) is 17.7 Å². The van der Waals surface area contributed by atoms with Gasteiger partial charge >= 0.3 is 5.97 Å². The zero-order chi connectivity index (χ0) is 26.0. The zero-order valence-electron chi connectivity index (χ0n) is 19.7. The molecule has 36 heavy (non-hydrogen) atoms. The minimum absolute atomic E-state index is 0.0914. The molecule has 0 atom stereocenters. The molecular formula is C27H22ClN3O5. The van der Waals surface area contributed by atoms with Crippen molar-refractivity contribution in [3.05, 3.63) is 99.7 Å². The van der Waals surface area contributed by atoms with Crippen LogP contribution in [0.4, 0.5) is 17.1 Å². The van der Waals surface area contributed by atoms with Crippen LogP contribution < -0.4 is 15.5 Å². The summed E-state index contributed by atoms with van der Waals surface area (Å²) in [4.78, 5) is 50.9. The fraction of sp³-hybridized carbons (Fsp3) is 0.111. The Bertz CT molecular complexity index is 1410. The summed E-state index contributed by atoms with van der Waals surface area (Å²) in [5.41, 5.74) is 4.04. The molecule has 0 bridgehead atoms. The van der Waals surface area contributed by atoms with Crippen LogP contribution >= 0.6 is 11.6 Å². The lowest BCUT2D eigenvalue weighted by Crippen LogP contribution is -2.32. The molecule has 0 unspecified atom stereocenters. The lowest BCUT2D eigenvalue weighted by atomic mass is 10.1. The Kier molecular flexibility index (Phi) is 6.89. The average molecular weight is 504 g/mol. The van der Waals surface area contributed by atoms with E-state index in [1.807, 2.05) is 32.0 Å². The van der Waals surface area contributed by atoms with Gasteiger partial charge in [0.15, 0.2) is 0 Å². The molecule has 1 heterocycles. The number of hydrogen-bond acceptors (Lipinski definition) is 6. The number of esters is 1. The van der Waals surface area contributed by atoms with E-state index in [0.29, 0.717) is 11.3 Å². The number of ether oxygens (including phenoxy) is 1. The first-order valence-electron chi connectivity index (χ1n) is 10.9. The van der Waals surface area contributed by atoms with Crippen LogP contribution in [0.1, 0.15) is 31.8 Å². The molecule has 0 saturated heterocycles. The number of amides is 3.